The van der Waals surface area contributed by atoms with Crippen molar-refractivity contribution >= 4 is 22.6 Å². The zero-order chi connectivity index (χ0) is 10.1. The topological polar surface area (TPSA) is 30.7 Å². The molecule has 2 aromatic rings. The van der Waals surface area contributed by atoms with Gasteiger partial charge in [0.05, 0.1) is 5.69 Å². The van der Waals surface area contributed by atoms with Gasteiger partial charge in [-0.2, -0.15) is 5.10 Å². The molecule has 0 bridgehead atoms. The van der Waals surface area contributed by atoms with Crippen LogP contribution in [-0.2, 0) is 0 Å². The number of nitrogens with zero attached hydrogens (tertiary/aromatic N) is 3. The summed E-state index contributed by atoms with van der Waals surface area (Å²) in [6.45, 7) is 3.98. The fourth-order valence-corrected chi connectivity index (χ4v) is 1.69. The van der Waals surface area contributed by atoms with Crippen LogP contribution in [0, 0.1) is 17.4 Å². The van der Waals surface area contributed by atoms with E-state index in [9.17, 15) is 0 Å². The highest BCUT2D eigenvalue weighted by atomic mass is 127. The molecule has 4 heteroatoms. The molecule has 1 heterocycles. The molecule has 1 aromatic carbocycles. The zero-order valence-corrected chi connectivity index (χ0v) is 10.2. The molecule has 0 aliphatic rings. The maximum absolute atomic E-state index is 4.25. The summed E-state index contributed by atoms with van der Waals surface area (Å²) in [5, 5.41) is 4.25. The molecule has 72 valence electrons. The highest BCUT2D eigenvalue weighted by molar-refractivity contribution is 14.1. The van der Waals surface area contributed by atoms with Crippen molar-refractivity contribution in [3.8, 4) is 5.69 Å². The van der Waals surface area contributed by atoms with Gasteiger partial charge in [0.2, 0.25) is 0 Å². The monoisotopic (exact) mass is 299 g/mol. The minimum absolute atomic E-state index is 0.792. The molecule has 3 nitrogen and oxygen atoms in total. The summed E-state index contributed by atoms with van der Waals surface area (Å²) in [7, 11) is 0. The van der Waals surface area contributed by atoms with E-state index in [1.807, 2.05) is 13.0 Å². The average molecular weight is 299 g/mol. The molecule has 0 aliphatic heterocycles. The van der Waals surface area contributed by atoms with Crippen molar-refractivity contribution < 1.29 is 0 Å². The van der Waals surface area contributed by atoms with Crippen LogP contribution in [0.1, 0.15) is 11.4 Å². The third-order valence-electron chi connectivity index (χ3n) is 2.03. The Kier molecular flexibility index (Phi) is 2.54. The van der Waals surface area contributed by atoms with E-state index in [4.69, 9.17) is 0 Å². The van der Waals surface area contributed by atoms with Gasteiger partial charge in [0.15, 0.2) is 0 Å². The molecule has 0 N–H and O–H groups in total. The Morgan fingerprint density at radius 3 is 2.64 bits per heavy atom. The standard InChI is InChI=1S/C10H10IN3/c1-7-3-4-9(5-10(7)11)14-6-12-8(2)13-14/h3-6H,1-2H3. The van der Waals surface area contributed by atoms with E-state index in [2.05, 4.69) is 51.7 Å². The van der Waals surface area contributed by atoms with Crippen molar-refractivity contribution in [2.45, 2.75) is 13.8 Å². The first kappa shape index (κ1) is 9.64. The number of hydrogen-bond donors (Lipinski definition) is 0. The summed E-state index contributed by atoms with van der Waals surface area (Å²) < 4.78 is 3.03. The number of halogens is 1. The lowest BCUT2D eigenvalue weighted by atomic mass is 10.2. The molecule has 0 unspecified atom stereocenters. The normalized spacial score (nSPS) is 10.5. The van der Waals surface area contributed by atoms with Gasteiger partial charge in [-0.3, -0.25) is 0 Å². The first-order chi connectivity index (χ1) is 6.66. The first-order valence-electron chi connectivity index (χ1n) is 4.31. The minimum atomic E-state index is 0.792. The van der Waals surface area contributed by atoms with E-state index in [0.717, 1.165) is 11.5 Å². The second kappa shape index (κ2) is 3.68. The molecule has 0 spiro atoms. The highest BCUT2D eigenvalue weighted by Gasteiger charge is 2.01. The Morgan fingerprint density at radius 1 is 1.29 bits per heavy atom. The van der Waals surface area contributed by atoms with Crippen molar-refractivity contribution in [1.29, 1.82) is 0 Å². The molecule has 1 aromatic heterocycles. The molecule has 0 saturated heterocycles. The average Bonchev–Trinajstić information content (AvgIpc) is 2.57. The third kappa shape index (κ3) is 1.79. The van der Waals surface area contributed by atoms with Crippen molar-refractivity contribution in [1.82, 2.24) is 14.8 Å². The van der Waals surface area contributed by atoms with E-state index < -0.39 is 0 Å². The SMILES string of the molecule is Cc1ncn(-c2ccc(C)c(I)c2)n1. The zero-order valence-electron chi connectivity index (χ0n) is 8.03. The van der Waals surface area contributed by atoms with Gasteiger partial charge in [0.25, 0.3) is 0 Å². The number of aromatic nitrogens is 3. The predicted molar refractivity (Wildman–Crippen MR) is 63.6 cm³/mol. The summed E-state index contributed by atoms with van der Waals surface area (Å²) in [4.78, 5) is 4.09. The summed E-state index contributed by atoms with van der Waals surface area (Å²) in [6.07, 6.45) is 1.73. The van der Waals surface area contributed by atoms with Crippen LogP contribution in [0.3, 0.4) is 0 Å². The largest absolute Gasteiger partial charge is 0.221 e. The molecular formula is C10H10IN3. The third-order valence-corrected chi connectivity index (χ3v) is 3.19. The van der Waals surface area contributed by atoms with Crippen LogP contribution in [-0.4, -0.2) is 14.8 Å². The lowest BCUT2D eigenvalue weighted by Crippen LogP contribution is -1.96. The first-order valence-corrected chi connectivity index (χ1v) is 5.39. The van der Waals surface area contributed by atoms with Gasteiger partial charge in [-0.1, -0.05) is 6.07 Å². The van der Waals surface area contributed by atoms with Gasteiger partial charge < -0.3 is 0 Å². The van der Waals surface area contributed by atoms with Crippen molar-refractivity contribution in [3.63, 3.8) is 0 Å². The Balaban J connectivity index is 2.47. The highest BCUT2D eigenvalue weighted by Crippen LogP contribution is 2.15. The van der Waals surface area contributed by atoms with Gasteiger partial charge in [0, 0.05) is 3.57 Å². The lowest BCUT2D eigenvalue weighted by Gasteiger charge is -2.02. The Labute approximate surface area is 96.3 Å². The quantitative estimate of drug-likeness (QED) is 0.757. The number of hydrogen-bond acceptors (Lipinski definition) is 2. The van der Waals surface area contributed by atoms with E-state index >= 15 is 0 Å². The van der Waals surface area contributed by atoms with Gasteiger partial charge in [-0.15, -0.1) is 0 Å². The van der Waals surface area contributed by atoms with Crippen LogP contribution in [0.4, 0.5) is 0 Å². The molecule has 0 aliphatic carbocycles. The summed E-state index contributed by atoms with van der Waals surface area (Å²) in [6, 6.07) is 6.24. The summed E-state index contributed by atoms with van der Waals surface area (Å²) in [5.41, 5.74) is 2.34. The van der Waals surface area contributed by atoms with Crippen LogP contribution in [0.5, 0.6) is 0 Å². The van der Waals surface area contributed by atoms with Crippen molar-refractivity contribution in [2.75, 3.05) is 0 Å². The van der Waals surface area contributed by atoms with Crippen molar-refractivity contribution in [3.05, 3.63) is 39.5 Å². The molecule has 14 heavy (non-hydrogen) atoms. The van der Waals surface area contributed by atoms with Crippen molar-refractivity contribution in [2.24, 2.45) is 0 Å². The number of aryl methyl sites for hydroxylation is 2. The van der Waals surface area contributed by atoms with Crippen LogP contribution >= 0.6 is 22.6 Å². The van der Waals surface area contributed by atoms with E-state index in [0.29, 0.717) is 0 Å². The van der Waals surface area contributed by atoms with Crippen LogP contribution in [0.2, 0.25) is 0 Å². The minimum Gasteiger partial charge on any atom is -0.221 e. The van der Waals surface area contributed by atoms with E-state index in [1.165, 1.54) is 9.13 Å². The van der Waals surface area contributed by atoms with Gasteiger partial charge >= 0.3 is 0 Å². The number of rotatable bonds is 1. The molecule has 0 amide bonds. The van der Waals surface area contributed by atoms with Crippen LogP contribution < -0.4 is 0 Å². The molecule has 0 radical (unpaired) electrons. The molecule has 2 rings (SSSR count). The molecule has 0 atom stereocenters. The van der Waals surface area contributed by atoms with Crippen LogP contribution in [0.25, 0.3) is 5.69 Å². The molecule has 0 fully saturated rings. The Bertz CT molecular complexity index is 462. The van der Waals surface area contributed by atoms with Crippen LogP contribution in [0.15, 0.2) is 24.5 Å². The fourth-order valence-electron chi connectivity index (χ4n) is 1.19. The predicted octanol–water partition coefficient (Wildman–Crippen LogP) is 2.49. The summed E-state index contributed by atoms with van der Waals surface area (Å²) >= 11 is 2.32. The smallest absolute Gasteiger partial charge is 0.147 e. The Morgan fingerprint density at radius 2 is 2.07 bits per heavy atom. The van der Waals surface area contributed by atoms with Gasteiger partial charge in [-0.05, 0) is 54.1 Å². The van der Waals surface area contributed by atoms with Gasteiger partial charge in [0.1, 0.15) is 12.2 Å². The second-order valence-corrected chi connectivity index (χ2v) is 4.33. The second-order valence-electron chi connectivity index (χ2n) is 3.17. The maximum atomic E-state index is 4.25. The van der Waals surface area contributed by atoms with E-state index in [1.54, 1.807) is 11.0 Å². The molecule has 0 saturated carbocycles. The molecular weight excluding hydrogens is 289 g/mol. The maximum Gasteiger partial charge on any atom is 0.147 e. The summed E-state index contributed by atoms with van der Waals surface area (Å²) in [5.74, 6) is 0.792. The van der Waals surface area contributed by atoms with Gasteiger partial charge in [-0.25, -0.2) is 9.67 Å². The fraction of sp³-hybridized carbons (Fsp3) is 0.200. The number of benzene rings is 1. The Hall–Kier alpha value is -0.910. The van der Waals surface area contributed by atoms with E-state index in [-0.39, 0.29) is 0 Å². The lowest BCUT2D eigenvalue weighted by molar-refractivity contribution is 0.861.